The Hall–Kier alpha value is -2.20. The minimum absolute atomic E-state index is 0.0627. The Morgan fingerprint density at radius 3 is 2.81 bits per heavy atom. The number of nitro groups is 1. The lowest BCUT2D eigenvalue weighted by atomic mass is 10.3. The maximum Gasteiger partial charge on any atom is 0.324 e. The van der Waals surface area contributed by atoms with E-state index >= 15 is 0 Å². The number of nitrogens with zero attached hydrogens (tertiary/aromatic N) is 4. The lowest BCUT2D eigenvalue weighted by Crippen LogP contribution is -2.08. The number of thiophene rings is 1. The molecule has 0 unspecified atom stereocenters. The third-order valence-corrected chi connectivity index (χ3v) is 4.25. The Kier molecular flexibility index (Phi) is 4.70. The molecule has 110 valence electrons. The van der Waals surface area contributed by atoms with E-state index in [-0.39, 0.29) is 10.9 Å². The lowest BCUT2D eigenvalue weighted by Gasteiger charge is -1.94. The van der Waals surface area contributed by atoms with Gasteiger partial charge in [0, 0.05) is 12.5 Å². The van der Waals surface area contributed by atoms with Crippen molar-refractivity contribution in [3.8, 4) is 0 Å². The molecule has 0 aliphatic rings. The van der Waals surface area contributed by atoms with E-state index in [0.29, 0.717) is 27.3 Å². The zero-order valence-electron chi connectivity index (χ0n) is 11.2. The molecule has 1 amide bonds. The number of nitrogens with one attached hydrogen (secondary N) is 1. The molecule has 0 saturated carbocycles. The van der Waals surface area contributed by atoms with Gasteiger partial charge in [-0.3, -0.25) is 14.9 Å². The number of rotatable bonds is 5. The van der Waals surface area contributed by atoms with Crippen LogP contribution in [-0.4, -0.2) is 26.7 Å². The normalized spacial score (nSPS) is 11.4. The molecule has 0 aromatic carbocycles. The summed E-state index contributed by atoms with van der Waals surface area (Å²) < 4.78 is 0. The van der Waals surface area contributed by atoms with E-state index in [1.165, 1.54) is 6.07 Å². The number of carbonyl (C=O) groups is 1. The third kappa shape index (κ3) is 3.89. The fourth-order valence-electron chi connectivity index (χ4n) is 1.34. The molecule has 21 heavy (non-hydrogen) atoms. The summed E-state index contributed by atoms with van der Waals surface area (Å²) in [6.07, 6.45) is 0.357. The monoisotopic (exact) mass is 325 g/mol. The molecule has 0 radical (unpaired) electrons. The maximum atomic E-state index is 11.2. The van der Waals surface area contributed by atoms with Gasteiger partial charge in [-0.25, -0.2) is 4.99 Å². The van der Waals surface area contributed by atoms with Gasteiger partial charge in [-0.2, -0.15) is 0 Å². The molecule has 8 nitrogen and oxygen atoms in total. The first-order valence-electron chi connectivity index (χ1n) is 5.93. The summed E-state index contributed by atoms with van der Waals surface area (Å²) in [5, 5.41) is 21.7. The highest BCUT2D eigenvalue weighted by Gasteiger charge is 2.12. The highest BCUT2D eigenvalue weighted by atomic mass is 32.1. The molecule has 0 atom stereocenters. The Balaban J connectivity index is 2.14. The second-order valence-corrected chi connectivity index (χ2v) is 5.90. The van der Waals surface area contributed by atoms with Crippen LogP contribution < -0.4 is 5.32 Å². The smallest absolute Gasteiger partial charge is 0.300 e. The molecule has 2 aromatic rings. The summed E-state index contributed by atoms with van der Waals surface area (Å²) in [6, 6.07) is 3.08. The Morgan fingerprint density at radius 1 is 1.43 bits per heavy atom. The van der Waals surface area contributed by atoms with Crippen molar-refractivity contribution in [2.75, 3.05) is 5.32 Å². The second-order valence-electron chi connectivity index (χ2n) is 3.88. The Morgan fingerprint density at radius 2 is 2.19 bits per heavy atom. The van der Waals surface area contributed by atoms with E-state index < -0.39 is 4.92 Å². The summed E-state index contributed by atoms with van der Waals surface area (Å²) in [7, 11) is 0. The van der Waals surface area contributed by atoms with Crippen LogP contribution in [0.3, 0.4) is 0 Å². The van der Waals surface area contributed by atoms with Crippen molar-refractivity contribution in [2.45, 2.75) is 20.3 Å². The van der Waals surface area contributed by atoms with Crippen molar-refractivity contribution < 1.29 is 9.72 Å². The first-order chi connectivity index (χ1) is 9.99. The minimum Gasteiger partial charge on any atom is -0.300 e. The van der Waals surface area contributed by atoms with E-state index in [1.54, 1.807) is 19.9 Å². The molecule has 0 saturated heterocycles. The van der Waals surface area contributed by atoms with Gasteiger partial charge in [-0.15, -0.1) is 10.2 Å². The molecule has 1 N–H and O–H groups in total. The van der Waals surface area contributed by atoms with Gasteiger partial charge in [0.05, 0.1) is 15.5 Å². The van der Waals surface area contributed by atoms with Crippen molar-refractivity contribution >= 4 is 49.6 Å². The zero-order valence-corrected chi connectivity index (χ0v) is 12.8. The number of amides is 1. The summed E-state index contributed by atoms with van der Waals surface area (Å²) in [6.45, 7) is 3.48. The van der Waals surface area contributed by atoms with Crippen LogP contribution in [0.1, 0.15) is 25.1 Å². The molecule has 10 heteroatoms. The molecule has 0 bridgehead atoms. The van der Waals surface area contributed by atoms with Gasteiger partial charge in [0.15, 0.2) is 0 Å². The second kappa shape index (κ2) is 6.50. The molecule has 2 heterocycles. The zero-order chi connectivity index (χ0) is 15.4. The van der Waals surface area contributed by atoms with Crippen LogP contribution in [0.25, 0.3) is 0 Å². The standard InChI is InChI=1S/C11H11N5O3S2/c1-3-8(17)13-11-15-14-10(21-11)12-6(2)7-4-5-9(20-7)16(18)19/h4-5H,3H2,1-2H3,(H,13,15,17). The fraction of sp³-hybridized carbons (Fsp3) is 0.273. The highest BCUT2D eigenvalue weighted by Crippen LogP contribution is 2.27. The highest BCUT2D eigenvalue weighted by molar-refractivity contribution is 7.19. The summed E-state index contributed by atoms with van der Waals surface area (Å²) in [5.74, 6) is -0.146. The molecule has 2 aromatic heterocycles. The molecule has 2 rings (SSSR count). The fourth-order valence-corrected chi connectivity index (χ4v) is 2.79. The van der Waals surface area contributed by atoms with Crippen LogP contribution in [0.4, 0.5) is 15.3 Å². The Labute approximate surface area is 127 Å². The molecule has 0 aliphatic carbocycles. The average molecular weight is 325 g/mol. The predicted molar refractivity (Wildman–Crippen MR) is 81.7 cm³/mol. The number of hydrogen-bond acceptors (Lipinski definition) is 8. The molecule has 0 spiro atoms. The van der Waals surface area contributed by atoms with Crippen molar-refractivity contribution in [1.82, 2.24) is 10.2 Å². The average Bonchev–Trinajstić information content (AvgIpc) is 3.07. The molecule has 0 fully saturated rings. The van der Waals surface area contributed by atoms with Crippen molar-refractivity contribution in [1.29, 1.82) is 0 Å². The van der Waals surface area contributed by atoms with Crippen molar-refractivity contribution in [2.24, 2.45) is 4.99 Å². The van der Waals surface area contributed by atoms with Gasteiger partial charge in [0.25, 0.3) is 0 Å². The van der Waals surface area contributed by atoms with Crippen LogP contribution in [0, 0.1) is 10.1 Å². The van der Waals surface area contributed by atoms with E-state index in [2.05, 4.69) is 20.5 Å². The summed E-state index contributed by atoms with van der Waals surface area (Å²) in [5.41, 5.74) is 0.609. The van der Waals surface area contributed by atoms with E-state index in [4.69, 9.17) is 0 Å². The van der Waals surface area contributed by atoms with Crippen molar-refractivity contribution in [3.05, 3.63) is 27.1 Å². The van der Waals surface area contributed by atoms with Gasteiger partial charge < -0.3 is 5.32 Å². The van der Waals surface area contributed by atoms with Gasteiger partial charge in [0.1, 0.15) is 0 Å². The van der Waals surface area contributed by atoms with Crippen LogP contribution in [0.2, 0.25) is 0 Å². The number of anilines is 1. The number of carbonyl (C=O) groups excluding carboxylic acids is 1. The van der Waals surface area contributed by atoms with Crippen LogP contribution >= 0.6 is 22.7 Å². The van der Waals surface area contributed by atoms with Gasteiger partial charge >= 0.3 is 5.00 Å². The molecule has 0 aliphatic heterocycles. The SMILES string of the molecule is CCC(=O)Nc1nnc(N=C(C)c2ccc([N+](=O)[O-])s2)s1. The van der Waals surface area contributed by atoms with Gasteiger partial charge in [0.2, 0.25) is 16.2 Å². The molecular formula is C11H11N5O3S2. The lowest BCUT2D eigenvalue weighted by molar-refractivity contribution is -0.380. The van der Waals surface area contributed by atoms with Crippen molar-refractivity contribution in [3.63, 3.8) is 0 Å². The summed E-state index contributed by atoms with van der Waals surface area (Å²) in [4.78, 5) is 26.4. The first-order valence-corrected chi connectivity index (χ1v) is 7.56. The van der Waals surface area contributed by atoms with E-state index in [0.717, 1.165) is 22.7 Å². The topological polar surface area (TPSA) is 110 Å². The predicted octanol–water partition coefficient (Wildman–Crippen LogP) is 3.00. The van der Waals surface area contributed by atoms with Gasteiger partial charge in [-0.1, -0.05) is 29.6 Å². The summed E-state index contributed by atoms with van der Waals surface area (Å²) >= 11 is 2.19. The number of aromatic nitrogens is 2. The minimum atomic E-state index is -0.440. The van der Waals surface area contributed by atoms with Crippen LogP contribution in [0.5, 0.6) is 0 Å². The third-order valence-electron chi connectivity index (χ3n) is 2.37. The number of aliphatic imine (C=N–C) groups is 1. The first kappa shape index (κ1) is 15.2. The van der Waals surface area contributed by atoms with Crippen LogP contribution in [-0.2, 0) is 4.79 Å². The largest absolute Gasteiger partial charge is 0.324 e. The van der Waals surface area contributed by atoms with Gasteiger partial charge in [-0.05, 0) is 13.0 Å². The number of hydrogen-bond donors (Lipinski definition) is 1. The van der Waals surface area contributed by atoms with Crippen LogP contribution in [0.15, 0.2) is 17.1 Å². The van der Waals surface area contributed by atoms with E-state index in [9.17, 15) is 14.9 Å². The van der Waals surface area contributed by atoms with E-state index in [1.807, 2.05) is 0 Å². The maximum absolute atomic E-state index is 11.2. The Bertz CT molecular complexity index is 706. The molecular weight excluding hydrogens is 314 g/mol. The quantitative estimate of drug-likeness (QED) is 0.516.